The highest BCUT2D eigenvalue weighted by atomic mass is 19.4. The van der Waals surface area contributed by atoms with Gasteiger partial charge in [-0.05, 0) is 73.0 Å². The van der Waals surface area contributed by atoms with E-state index in [0.29, 0.717) is 0 Å². The molecule has 0 aliphatic heterocycles. The Hall–Kier alpha value is -1.06. The van der Waals surface area contributed by atoms with E-state index in [9.17, 15) is 17.6 Å². The Morgan fingerprint density at radius 1 is 0.806 bits per heavy atom. The lowest BCUT2D eigenvalue weighted by Gasteiger charge is -2.32. The van der Waals surface area contributed by atoms with Crippen molar-refractivity contribution in [3.8, 4) is 0 Å². The summed E-state index contributed by atoms with van der Waals surface area (Å²) in [7, 11) is 0. The molecule has 2 fully saturated rings. The summed E-state index contributed by atoms with van der Waals surface area (Å²) in [6, 6.07) is 3.51. The smallest absolute Gasteiger partial charge is 0.206 e. The minimum atomic E-state index is -4.62. The van der Waals surface area contributed by atoms with E-state index in [2.05, 4.69) is 13.8 Å². The number of hydrogen-bond donors (Lipinski definition) is 0. The molecule has 0 saturated heterocycles. The summed E-state index contributed by atoms with van der Waals surface area (Å²) >= 11 is 0. The number of alkyl halides is 3. The third kappa shape index (κ3) is 7.49. The fraction of sp³-hybridized carbons (Fsp3) is 0.778. The summed E-state index contributed by atoms with van der Waals surface area (Å²) in [4.78, 5) is 0. The lowest BCUT2D eigenvalue weighted by Crippen LogP contribution is -2.18. The van der Waals surface area contributed by atoms with E-state index in [4.69, 9.17) is 0 Å². The van der Waals surface area contributed by atoms with E-state index >= 15 is 0 Å². The molecular weight excluding hydrogens is 400 g/mol. The van der Waals surface area contributed by atoms with Gasteiger partial charge in [0.15, 0.2) is 0 Å². The lowest BCUT2D eigenvalue weighted by atomic mass is 9.74. The van der Waals surface area contributed by atoms with Gasteiger partial charge in [-0.3, -0.25) is 0 Å². The zero-order valence-corrected chi connectivity index (χ0v) is 19.3. The third-order valence-corrected chi connectivity index (χ3v) is 7.96. The first-order valence-electron chi connectivity index (χ1n) is 12.6. The predicted octanol–water partition coefficient (Wildman–Crippen LogP) is 9.53. The number of rotatable bonds is 8. The normalized spacial score (nSPS) is 27.6. The number of halogens is 4. The summed E-state index contributed by atoms with van der Waals surface area (Å²) < 4.78 is 52.2. The molecule has 0 atom stereocenters. The first-order valence-corrected chi connectivity index (χ1v) is 12.6. The van der Waals surface area contributed by atoms with Crippen LogP contribution in [0, 0.1) is 29.5 Å². The molecule has 1 aromatic carbocycles. The molecule has 2 saturated carbocycles. The van der Waals surface area contributed by atoms with Crippen molar-refractivity contribution in [1.82, 2.24) is 0 Å². The second-order valence-corrected chi connectivity index (χ2v) is 10.7. The van der Waals surface area contributed by atoms with Crippen LogP contribution in [0.2, 0.25) is 0 Å². The van der Waals surface area contributed by atoms with Crippen molar-refractivity contribution in [2.24, 2.45) is 23.7 Å². The molecule has 1 aromatic rings. The van der Waals surface area contributed by atoms with Crippen LogP contribution in [-0.4, -0.2) is 0 Å². The van der Waals surface area contributed by atoms with Gasteiger partial charge < -0.3 is 0 Å². The van der Waals surface area contributed by atoms with E-state index in [-0.39, 0.29) is 5.92 Å². The summed E-state index contributed by atoms with van der Waals surface area (Å²) in [6.45, 7) is 4.62. The van der Waals surface area contributed by atoms with Gasteiger partial charge in [-0.15, -0.1) is 0 Å². The first kappa shape index (κ1) is 24.6. The Morgan fingerprint density at radius 2 is 1.32 bits per heavy atom. The monoisotopic (exact) mass is 440 g/mol. The van der Waals surface area contributed by atoms with E-state index in [1.165, 1.54) is 63.9 Å². The molecule has 0 nitrogen and oxygen atoms in total. The van der Waals surface area contributed by atoms with Crippen LogP contribution in [0.15, 0.2) is 18.2 Å². The highest BCUT2D eigenvalue weighted by Crippen LogP contribution is 2.41. The van der Waals surface area contributed by atoms with Gasteiger partial charge in [-0.2, -0.15) is 13.2 Å². The van der Waals surface area contributed by atoms with Gasteiger partial charge in [0.2, 0.25) is 0 Å². The minimum Gasteiger partial charge on any atom is -0.206 e. The van der Waals surface area contributed by atoms with Gasteiger partial charge in [0.05, 0.1) is 5.56 Å². The average molecular weight is 441 g/mol. The Balaban J connectivity index is 1.35. The first-order chi connectivity index (χ1) is 14.7. The van der Waals surface area contributed by atoms with Gasteiger partial charge in [-0.1, -0.05) is 77.7 Å². The lowest BCUT2D eigenvalue weighted by molar-refractivity contribution is -0.140. The molecule has 3 rings (SSSR count). The van der Waals surface area contributed by atoms with Crippen LogP contribution < -0.4 is 0 Å². The Labute approximate surface area is 186 Å². The van der Waals surface area contributed by atoms with Gasteiger partial charge in [0, 0.05) is 0 Å². The Morgan fingerprint density at radius 3 is 1.81 bits per heavy atom. The average Bonchev–Trinajstić information content (AvgIpc) is 2.72. The molecular formula is C27H40F4. The molecule has 31 heavy (non-hydrogen) atoms. The highest BCUT2D eigenvalue weighted by molar-refractivity contribution is 5.29. The van der Waals surface area contributed by atoms with Crippen LogP contribution >= 0.6 is 0 Å². The molecule has 0 radical (unpaired) electrons. The topological polar surface area (TPSA) is 0 Å². The number of hydrogen-bond acceptors (Lipinski definition) is 0. The molecule has 0 amide bonds. The molecule has 176 valence electrons. The third-order valence-electron chi connectivity index (χ3n) is 7.96. The number of benzene rings is 1. The van der Waals surface area contributed by atoms with E-state index in [0.717, 1.165) is 67.1 Å². The van der Waals surface area contributed by atoms with Crippen molar-refractivity contribution < 1.29 is 17.6 Å². The van der Waals surface area contributed by atoms with Crippen molar-refractivity contribution in [1.29, 1.82) is 0 Å². The SMILES string of the molecule is CC(C)CCCC1CCC(CCC2CCC(c3ccc(C(F)(F)F)c(F)c3)CC2)CC1. The summed E-state index contributed by atoms with van der Waals surface area (Å²) in [6.07, 6.45) is 12.0. The van der Waals surface area contributed by atoms with Crippen molar-refractivity contribution in [2.75, 3.05) is 0 Å². The van der Waals surface area contributed by atoms with Crippen molar-refractivity contribution in [3.63, 3.8) is 0 Å². The summed E-state index contributed by atoms with van der Waals surface area (Å²) in [5.41, 5.74) is -0.417. The predicted molar refractivity (Wildman–Crippen MR) is 119 cm³/mol. The summed E-state index contributed by atoms with van der Waals surface area (Å²) in [5, 5.41) is 0. The molecule has 2 aliphatic carbocycles. The van der Waals surface area contributed by atoms with Crippen molar-refractivity contribution >= 4 is 0 Å². The Kier molecular flexibility index (Phi) is 8.87. The quantitative estimate of drug-likeness (QED) is 0.353. The zero-order valence-electron chi connectivity index (χ0n) is 19.3. The highest BCUT2D eigenvalue weighted by Gasteiger charge is 2.34. The largest absolute Gasteiger partial charge is 0.419 e. The van der Waals surface area contributed by atoms with Crippen molar-refractivity contribution in [3.05, 3.63) is 35.1 Å². The molecule has 0 spiro atoms. The van der Waals surface area contributed by atoms with E-state index < -0.39 is 17.6 Å². The molecule has 2 aliphatic rings. The molecule has 4 heteroatoms. The van der Waals surface area contributed by atoms with Crippen LogP contribution in [0.5, 0.6) is 0 Å². The van der Waals surface area contributed by atoms with E-state index in [1.54, 1.807) is 0 Å². The Bertz CT molecular complexity index is 662. The van der Waals surface area contributed by atoms with Crippen LogP contribution in [0.1, 0.15) is 114 Å². The standard InChI is InChI=1S/C27H40F4/c1-19(2)4-3-5-20-6-8-21(9-7-20)10-11-22-12-14-23(15-13-22)24-16-17-25(26(28)18-24)27(29,30)31/h16-23H,3-15H2,1-2H3. The fourth-order valence-corrected chi connectivity index (χ4v) is 5.89. The van der Waals surface area contributed by atoms with Crippen LogP contribution in [0.3, 0.4) is 0 Å². The molecule has 0 aromatic heterocycles. The minimum absolute atomic E-state index is 0.203. The maximum absolute atomic E-state index is 13.9. The van der Waals surface area contributed by atoms with Crippen molar-refractivity contribution in [2.45, 2.75) is 109 Å². The maximum Gasteiger partial charge on any atom is 0.419 e. The van der Waals surface area contributed by atoms with Gasteiger partial charge in [0.1, 0.15) is 5.82 Å². The zero-order chi connectivity index (χ0) is 22.4. The van der Waals surface area contributed by atoms with E-state index in [1.807, 2.05) is 0 Å². The fourth-order valence-electron chi connectivity index (χ4n) is 5.89. The molecule has 0 heterocycles. The van der Waals surface area contributed by atoms with Crippen LogP contribution in [0.25, 0.3) is 0 Å². The van der Waals surface area contributed by atoms with Crippen LogP contribution in [0.4, 0.5) is 17.6 Å². The van der Waals surface area contributed by atoms with Crippen LogP contribution in [-0.2, 0) is 6.18 Å². The maximum atomic E-state index is 13.9. The second kappa shape index (κ2) is 11.2. The van der Waals surface area contributed by atoms with Gasteiger partial charge in [0.25, 0.3) is 0 Å². The second-order valence-electron chi connectivity index (χ2n) is 10.7. The molecule has 0 bridgehead atoms. The van der Waals surface area contributed by atoms with Gasteiger partial charge in [-0.25, -0.2) is 4.39 Å². The van der Waals surface area contributed by atoms with Gasteiger partial charge >= 0.3 is 6.18 Å². The summed E-state index contributed by atoms with van der Waals surface area (Å²) in [5.74, 6) is 2.47. The molecule has 0 N–H and O–H groups in total. The molecule has 0 unspecified atom stereocenters.